The molecular weight excluding hydrogens is 480 g/mol. The summed E-state index contributed by atoms with van der Waals surface area (Å²) in [5.41, 5.74) is 0. The zero-order valence-corrected chi connectivity index (χ0v) is 15.0. The molecule has 0 spiro atoms. The zero-order valence-electron chi connectivity index (χ0n) is 11.2. The first-order valence-electron chi connectivity index (χ1n) is 6.51. The smallest absolute Gasteiger partial charge is 0.0489 e. The second-order valence-corrected chi connectivity index (χ2v) is 7.05. The van der Waals surface area contributed by atoms with Crippen LogP contribution in [-0.2, 0) is 22.4 Å². The van der Waals surface area contributed by atoms with E-state index in [-0.39, 0.29) is 22.4 Å². The molecule has 0 amide bonds. The van der Waals surface area contributed by atoms with Crippen molar-refractivity contribution < 1.29 is 22.4 Å². The number of rotatable bonds is 3. The molecule has 3 aromatic rings. The molecule has 0 saturated carbocycles. The van der Waals surface area contributed by atoms with E-state index in [0.717, 1.165) is 5.02 Å². The van der Waals surface area contributed by atoms with Crippen LogP contribution in [0.5, 0.6) is 0 Å². The van der Waals surface area contributed by atoms with Crippen LogP contribution in [0.3, 0.4) is 0 Å². The first-order chi connectivity index (χ1) is 9.86. The van der Waals surface area contributed by atoms with Crippen LogP contribution in [0.4, 0.5) is 0 Å². The summed E-state index contributed by atoms with van der Waals surface area (Å²) in [6.07, 6.45) is 0. The van der Waals surface area contributed by atoms with Crippen molar-refractivity contribution in [3.8, 4) is 0 Å². The van der Waals surface area contributed by atoms with Crippen molar-refractivity contribution in [1.29, 1.82) is 0 Å². The van der Waals surface area contributed by atoms with Crippen molar-refractivity contribution in [3.63, 3.8) is 0 Å². The van der Waals surface area contributed by atoms with Gasteiger partial charge in [0.15, 0.2) is 0 Å². The van der Waals surface area contributed by atoms with Crippen LogP contribution in [0.1, 0.15) is 0 Å². The van der Waals surface area contributed by atoms with Gasteiger partial charge in [-0.1, -0.05) is 90.5 Å². The maximum atomic E-state index is 6.43. The number of hydrogen-bond acceptors (Lipinski definition) is 0. The number of benzene rings is 3. The van der Waals surface area contributed by atoms with E-state index in [4.69, 9.17) is 11.6 Å². The molecule has 0 N–H and O–H groups in total. The molecule has 0 heterocycles. The van der Waals surface area contributed by atoms with Gasteiger partial charge in [0.1, 0.15) is 0 Å². The van der Waals surface area contributed by atoms with E-state index in [2.05, 4.69) is 72.8 Å². The molecule has 109 valence electrons. The summed E-state index contributed by atoms with van der Waals surface area (Å²) < 4.78 is 0. The summed E-state index contributed by atoms with van der Waals surface area (Å²) in [5.74, 6) is 0. The van der Waals surface area contributed by atoms with Crippen LogP contribution in [0.2, 0.25) is 5.02 Å². The van der Waals surface area contributed by atoms with Crippen molar-refractivity contribution in [2.45, 2.75) is 0 Å². The van der Waals surface area contributed by atoms with Gasteiger partial charge < -0.3 is 0 Å². The van der Waals surface area contributed by atoms with Crippen LogP contribution < -0.4 is 15.9 Å². The summed E-state index contributed by atoms with van der Waals surface area (Å²) in [5, 5.41) is 4.69. The maximum Gasteiger partial charge on any atom is 0.0489 e. The van der Waals surface area contributed by atoms with Crippen molar-refractivity contribution in [3.05, 3.63) is 90.0 Å². The van der Waals surface area contributed by atoms with E-state index in [1.807, 2.05) is 12.1 Å². The van der Waals surface area contributed by atoms with Crippen LogP contribution in [0.15, 0.2) is 84.9 Å². The van der Waals surface area contributed by atoms with Crippen LogP contribution >= 0.6 is 19.5 Å². The summed E-state index contributed by atoms with van der Waals surface area (Å²) in [4.78, 5) is 0. The molecule has 0 aliphatic heterocycles. The molecule has 0 aromatic heterocycles. The van der Waals surface area contributed by atoms with Gasteiger partial charge in [-0.15, -0.1) is 0 Å². The van der Waals surface area contributed by atoms with E-state index in [1.165, 1.54) is 15.9 Å². The molecule has 0 nitrogen and oxygen atoms in total. The van der Waals surface area contributed by atoms with Crippen molar-refractivity contribution in [2.24, 2.45) is 0 Å². The van der Waals surface area contributed by atoms with Crippen molar-refractivity contribution >= 4 is 35.4 Å². The Kier molecular flexibility index (Phi) is 6.23. The average Bonchev–Trinajstić information content (AvgIpc) is 2.52. The first-order valence-corrected chi connectivity index (χ1v) is 8.23. The molecule has 3 aromatic carbocycles. The van der Waals surface area contributed by atoms with Crippen molar-refractivity contribution in [1.82, 2.24) is 0 Å². The Labute approximate surface area is 147 Å². The summed E-state index contributed by atoms with van der Waals surface area (Å²) in [6.45, 7) is 0. The molecule has 0 aliphatic rings. The van der Waals surface area contributed by atoms with E-state index >= 15 is 0 Å². The maximum absolute atomic E-state index is 6.43. The summed E-state index contributed by atoms with van der Waals surface area (Å²) in [7, 11) is -0.599. The third-order valence-electron chi connectivity index (χ3n) is 3.12. The molecular formula is C18H14AuClP. The van der Waals surface area contributed by atoms with Gasteiger partial charge in [0, 0.05) is 32.7 Å². The van der Waals surface area contributed by atoms with Gasteiger partial charge in [0.2, 0.25) is 0 Å². The number of halogens is 1. The standard InChI is InChI=1S/C18H14ClP.Au/c19-17-13-7-8-14-18(17)20(15-9-3-1-4-10-15)16-11-5-2-6-12-16;/h1-14H;. The molecule has 0 unspecified atom stereocenters. The third-order valence-corrected chi connectivity index (χ3v) is 6.08. The van der Waals surface area contributed by atoms with Gasteiger partial charge in [-0.25, -0.2) is 0 Å². The minimum Gasteiger partial charge on any atom is -0.0836 e. The molecule has 0 fully saturated rings. The molecule has 3 heteroatoms. The molecule has 0 bridgehead atoms. The monoisotopic (exact) mass is 493 g/mol. The Hall–Kier alpha value is -0.880. The van der Waals surface area contributed by atoms with Gasteiger partial charge in [-0.2, -0.15) is 0 Å². The fourth-order valence-electron chi connectivity index (χ4n) is 2.21. The van der Waals surface area contributed by atoms with E-state index in [9.17, 15) is 0 Å². The molecule has 21 heavy (non-hydrogen) atoms. The fourth-order valence-corrected chi connectivity index (χ4v) is 4.92. The minimum atomic E-state index is -0.599. The topological polar surface area (TPSA) is 0 Å². The molecule has 3 rings (SSSR count). The van der Waals surface area contributed by atoms with Gasteiger partial charge in [-0.05, 0) is 24.6 Å². The van der Waals surface area contributed by atoms with Gasteiger partial charge in [0.25, 0.3) is 0 Å². The zero-order chi connectivity index (χ0) is 13.8. The Morgan fingerprint density at radius 2 is 1.00 bits per heavy atom. The molecule has 0 aliphatic carbocycles. The average molecular weight is 494 g/mol. The Bertz CT molecular complexity index is 646. The van der Waals surface area contributed by atoms with Crippen LogP contribution in [0, 0.1) is 0 Å². The summed E-state index contributed by atoms with van der Waals surface area (Å²) >= 11 is 6.43. The van der Waals surface area contributed by atoms with Gasteiger partial charge >= 0.3 is 0 Å². The fraction of sp³-hybridized carbons (Fsp3) is 0. The van der Waals surface area contributed by atoms with E-state index in [0.29, 0.717) is 0 Å². The van der Waals surface area contributed by atoms with E-state index < -0.39 is 7.92 Å². The second-order valence-electron chi connectivity index (χ2n) is 4.46. The third kappa shape index (κ3) is 3.86. The Balaban J connectivity index is 0.00000161. The summed E-state index contributed by atoms with van der Waals surface area (Å²) in [6, 6.07) is 29.3. The van der Waals surface area contributed by atoms with E-state index in [1.54, 1.807) is 0 Å². The number of hydrogen-bond donors (Lipinski definition) is 0. The normalized spacial score (nSPS) is 10.2. The largest absolute Gasteiger partial charge is 0.0836 e. The molecule has 1 radical (unpaired) electrons. The van der Waals surface area contributed by atoms with Crippen molar-refractivity contribution in [2.75, 3.05) is 0 Å². The SMILES string of the molecule is Clc1ccccc1P(c1ccccc1)c1ccccc1.[Au]. The Morgan fingerprint density at radius 3 is 1.48 bits per heavy atom. The van der Waals surface area contributed by atoms with Crippen LogP contribution in [0.25, 0.3) is 0 Å². The van der Waals surface area contributed by atoms with Gasteiger partial charge in [-0.3, -0.25) is 0 Å². The molecule has 0 saturated heterocycles. The first kappa shape index (κ1) is 16.5. The predicted molar refractivity (Wildman–Crippen MR) is 90.2 cm³/mol. The van der Waals surface area contributed by atoms with Gasteiger partial charge in [0.05, 0.1) is 0 Å². The predicted octanol–water partition coefficient (Wildman–Crippen LogP) is 4.10. The second kappa shape index (κ2) is 7.94. The molecule has 0 atom stereocenters. The minimum absolute atomic E-state index is 0. The Morgan fingerprint density at radius 1 is 0.571 bits per heavy atom. The van der Waals surface area contributed by atoms with Crippen LogP contribution in [-0.4, -0.2) is 0 Å². The quantitative estimate of drug-likeness (QED) is 0.381.